The lowest BCUT2D eigenvalue weighted by molar-refractivity contribution is -0.112. The maximum atomic E-state index is 13.8. The molecule has 14 heavy (non-hydrogen) atoms. The van der Waals surface area contributed by atoms with E-state index in [0.717, 1.165) is 0 Å². The van der Waals surface area contributed by atoms with Crippen LogP contribution in [0.3, 0.4) is 0 Å². The van der Waals surface area contributed by atoms with Gasteiger partial charge in [-0.15, -0.1) is 0 Å². The van der Waals surface area contributed by atoms with Crippen molar-refractivity contribution in [2.24, 2.45) is 0 Å². The minimum Gasteiger partial charge on any atom is -0.497 e. The molecule has 0 fully saturated rings. The van der Waals surface area contributed by atoms with E-state index in [1.165, 1.54) is 13.2 Å². The van der Waals surface area contributed by atoms with Crippen LogP contribution in [0, 0.1) is 0 Å². The Morgan fingerprint density at radius 3 is 2.93 bits per heavy atom. The van der Waals surface area contributed by atoms with Crippen LogP contribution in [0.2, 0.25) is 0 Å². The molecule has 0 bridgehead atoms. The van der Waals surface area contributed by atoms with Crippen molar-refractivity contribution in [2.75, 3.05) is 7.11 Å². The Morgan fingerprint density at radius 2 is 2.50 bits per heavy atom. The van der Waals surface area contributed by atoms with Crippen molar-refractivity contribution in [3.63, 3.8) is 0 Å². The molecule has 0 aromatic heterocycles. The SMILES string of the molecule is COC1=CCC(F)(CCC(=O)Cl)C=C1. The summed E-state index contributed by atoms with van der Waals surface area (Å²) in [4.78, 5) is 10.5. The topological polar surface area (TPSA) is 26.3 Å². The van der Waals surface area contributed by atoms with E-state index in [4.69, 9.17) is 16.3 Å². The van der Waals surface area contributed by atoms with Gasteiger partial charge >= 0.3 is 0 Å². The Kier molecular flexibility index (Phi) is 3.69. The number of halogens is 2. The summed E-state index contributed by atoms with van der Waals surface area (Å²) in [6.07, 6.45) is 5.07. The fourth-order valence-corrected chi connectivity index (χ4v) is 1.38. The molecule has 1 unspecified atom stereocenters. The molecule has 0 aromatic carbocycles. The van der Waals surface area contributed by atoms with Crippen molar-refractivity contribution in [1.82, 2.24) is 0 Å². The molecule has 0 amide bonds. The molecule has 1 aliphatic rings. The van der Waals surface area contributed by atoms with Gasteiger partial charge in [0.05, 0.1) is 7.11 Å². The largest absolute Gasteiger partial charge is 0.497 e. The van der Waals surface area contributed by atoms with Crippen LogP contribution in [0.4, 0.5) is 4.39 Å². The maximum absolute atomic E-state index is 13.8. The van der Waals surface area contributed by atoms with Gasteiger partial charge in [-0.3, -0.25) is 4.79 Å². The first-order valence-electron chi connectivity index (χ1n) is 4.36. The number of methoxy groups -OCH3 is 1. The van der Waals surface area contributed by atoms with Crippen LogP contribution >= 0.6 is 11.6 Å². The van der Waals surface area contributed by atoms with E-state index in [1.807, 2.05) is 0 Å². The predicted octanol–water partition coefficient (Wildman–Crippen LogP) is 2.73. The van der Waals surface area contributed by atoms with Gasteiger partial charge in [0.2, 0.25) is 5.24 Å². The zero-order chi connectivity index (χ0) is 10.6. The number of carbonyl (C=O) groups is 1. The highest BCUT2D eigenvalue weighted by Crippen LogP contribution is 2.30. The molecule has 4 heteroatoms. The second kappa shape index (κ2) is 4.60. The van der Waals surface area contributed by atoms with Crippen molar-refractivity contribution in [2.45, 2.75) is 24.9 Å². The number of ether oxygens (including phenoxy) is 1. The molecule has 78 valence electrons. The molecule has 0 saturated heterocycles. The Bertz CT molecular complexity index is 286. The third-order valence-corrected chi connectivity index (χ3v) is 2.35. The lowest BCUT2D eigenvalue weighted by Gasteiger charge is -2.22. The number of allylic oxidation sites excluding steroid dienone is 3. The van der Waals surface area contributed by atoms with Crippen molar-refractivity contribution in [3.8, 4) is 0 Å². The van der Waals surface area contributed by atoms with E-state index in [2.05, 4.69) is 0 Å². The second-order valence-corrected chi connectivity index (χ2v) is 3.66. The predicted molar refractivity (Wildman–Crippen MR) is 52.8 cm³/mol. The minimum absolute atomic E-state index is 0.0541. The summed E-state index contributed by atoms with van der Waals surface area (Å²) >= 11 is 5.15. The number of carbonyl (C=O) groups excluding carboxylic acids is 1. The first-order valence-corrected chi connectivity index (χ1v) is 4.74. The van der Waals surface area contributed by atoms with Gasteiger partial charge in [0.1, 0.15) is 11.4 Å². The van der Waals surface area contributed by atoms with Crippen molar-refractivity contribution in [3.05, 3.63) is 24.0 Å². The normalized spacial score (nSPS) is 25.8. The molecular weight excluding hydrogens is 207 g/mol. The maximum Gasteiger partial charge on any atom is 0.221 e. The summed E-state index contributed by atoms with van der Waals surface area (Å²) in [5.41, 5.74) is -1.45. The van der Waals surface area contributed by atoms with E-state index in [9.17, 15) is 9.18 Å². The van der Waals surface area contributed by atoms with E-state index in [0.29, 0.717) is 5.76 Å². The molecule has 1 rings (SSSR count). The summed E-state index contributed by atoms with van der Waals surface area (Å²) in [5.74, 6) is 0.649. The van der Waals surface area contributed by atoms with Gasteiger partial charge in [-0.25, -0.2) is 4.39 Å². The Labute approximate surface area is 87.4 Å². The minimum atomic E-state index is -1.45. The fraction of sp³-hybridized carbons (Fsp3) is 0.500. The molecule has 0 N–H and O–H groups in total. The zero-order valence-corrected chi connectivity index (χ0v) is 8.68. The Hall–Kier alpha value is -0.830. The monoisotopic (exact) mass is 218 g/mol. The van der Waals surface area contributed by atoms with Gasteiger partial charge in [-0.2, -0.15) is 0 Å². The number of rotatable bonds is 4. The standard InChI is InChI=1S/C10H12ClFO2/c1-14-8-2-5-10(12,6-3-8)7-4-9(11)13/h2-3,5H,4,6-7H2,1H3. The third kappa shape index (κ3) is 3.14. The number of hydrogen-bond acceptors (Lipinski definition) is 2. The second-order valence-electron chi connectivity index (χ2n) is 3.24. The summed E-state index contributed by atoms with van der Waals surface area (Å²) < 4.78 is 18.8. The first-order chi connectivity index (χ1) is 6.56. The highest BCUT2D eigenvalue weighted by molar-refractivity contribution is 6.63. The van der Waals surface area contributed by atoms with Crippen LogP contribution in [0.25, 0.3) is 0 Å². The lowest BCUT2D eigenvalue weighted by Crippen LogP contribution is -2.22. The molecule has 0 spiro atoms. The average molecular weight is 219 g/mol. The fourth-order valence-electron chi connectivity index (χ4n) is 1.28. The average Bonchev–Trinajstić information content (AvgIpc) is 2.16. The molecule has 0 heterocycles. The highest BCUT2D eigenvalue weighted by atomic mass is 35.5. The van der Waals surface area contributed by atoms with Gasteiger partial charge in [-0.1, -0.05) is 0 Å². The van der Waals surface area contributed by atoms with Gasteiger partial charge < -0.3 is 4.74 Å². The van der Waals surface area contributed by atoms with E-state index in [1.54, 1.807) is 12.2 Å². The molecule has 0 aromatic rings. The zero-order valence-electron chi connectivity index (χ0n) is 7.93. The molecule has 2 nitrogen and oxygen atoms in total. The van der Waals surface area contributed by atoms with E-state index >= 15 is 0 Å². The van der Waals surface area contributed by atoms with Crippen LogP contribution in [-0.2, 0) is 9.53 Å². The smallest absolute Gasteiger partial charge is 0.221 e. The van der Waals surface area contributed by atoms with Crippen LogP contribution in [0.5, 0.6) is 0 Å². The molecular formula is C10H12ClFO2. The van der Waals surface area contributed by atoms with Gasteiger partial charge in [0.25, 0.3) is 0 Å². The quantitative estimate of drug-likeness (QED) is 0.679. The van der Waals surface area contributed by atoms with Crippen LogP contribution in [0.1, 0.15) is 19.3 Å². The summed E-state index contributed by atoms with van der Waals surface area (Å²) in [7, 11) is 1.53. The van der Waals surface area contributed by atoms with Crippen LogP contribution in [-0.4, -0.2) is 18.0 Å². The summed E-state index contributed by atoms with van der Waals surface area (Å²) in [5, 5.41) is -0.503. The molecule has 1 atom stereocenters. The van der Waals surface area contributed by atoms with Crippen molar-refractivity contribution < 1.29 is 13.9 Å². The summed E-state index contributed by atoms with van der Waals surface area (Å²) in [6.45, 7) is 0. The highest BCUT2D eigenvalue weighted by Gasteiger charge is 2.28. The first kappa shape index (κ1) is 11.2. The third-order valence-electron chi connectivity index (χ3n) is 2.16. The number of hydrogen-bond donors (Lipinski definition) is 0. The molecule has 1 aliphatic carbocycles. The molecule has 0 aliphatic heterocycles. The molecule has 0 saturated carbocycles. The van der Waals surface area contributed by atoms with E-state index < -0.39 is 10.9 Å². The van der Waals surface area contributed by atoms with Crippen molar-refractivity contribution in [1.29, 1.82) is 0 Å². The van der Waals surface area contributed by atoms with Crippen LogP contribution < -0.4 is 0 Å². The Morgan fingerprint density at radius 1 is 1.79 bits per heavy atom. The van der Waals surface area contributed by atoms with E-state index in [-0.39, 0.29) is 19.3 Å². The Balaban J connectivity index is 2.51. The van der Waals surface area contributed by atoms with Gasteiger partial charge in [-0.05, 0) is 36.2 Å². The molecule has 0 radical (unpaired) electrons. The lowest BCUT2D eigenvalue weighted by atomic mass is 9.92. The summed E-state index contributed by atoms with van der Waals surface area (Å²) in [6, 6.07) is 0. The number of alkyl halides is 1. The van der Waals surface area contributed by atoms with Crippen LogP contribution in [0.15, 0.2) is 24.0 Å². The van der Waals surface area contributed by atoms with Gasteiger partial charge in [0, 0.05) is 12.8 Å². The van der Waals surface area contributed by atoms with Gasteiger partial charge in [0.15, 0.2) is 0 Å². The van der Waals surface area contributed by atoms with Crippen molar-refractivity contribution >= 4 is 16.8 Å².